The summed E-state index contributed by atoms with van der Waals surface area (Å²) in [5.74, 6) is -0.943. The van der Waals surface area contributed by atoms with Crippen LogP contribution in [0.5, 0.6) is 5.75 Å². The summed E-state index contributed by atoms with van der Waals surface area (Å²) in [4.78, 5) is 12.5. The summed E-state index contributed by atoms with van der Waals surface area (Å²) in [5, 5.41) is 12.4. The van der Waals surface area contributed by atoms with Gasteiger partial charge in [-0.15, -0.1) is 0 Å². The van der Waals surface area contributed by atoms with Crippen LogP contribution in [0.25, 0.3) is 6.08 Å². The number of hydrogen-bond acceptors (Lipinski definition) is 3. The maximum atomic E-state index is 13.6. The van der Waals surface area contributed by atoms with Crippen molar-refractivity contribution >= 4 is 29.3 Å². The number of halogens is 3. The van der Waals surface area contributed by atoms with Crippen LogP contribution in [0, 0.1) is 23.0 Å². The lowest BCUT2D eigenvalue weighted by Gasteiger charge is -2.14. The molecule has 0 aliphatic carbocycles. The van der Waals surface area contributed by atoms with E-state index in [9.17, 15) is 18.8 Å². The minimum Gasteiger partial charge on any atom is -0.494 e. The van der Waals surface area contributed by atoms with Gasteiger partial charge in [-0.25, -0.2) is 8.78 Å². The largest absolute Gasteiger partial charge is 0.494 e. The monoisotopic (exact) mass is 452 g/mol. The lowest BCUT2D eigenvalue weighted by Crippen LogP contribution is -2.13. The third-order valence-electron chi connectivity index (χ3n) is 4.52. The Morgan fingerprint density at radius 3 is 2.53 bits per heavy atom. The van der Waals surface area contributed by atoms with E-state index in [1.165, 1.54) is 42.5 Å². The molecule has 0 fully saturated rings. The molecule has 1 amide bonds. The number of nitrogens with zero attached hydrogens (tertiary/aromatic N) is 1. The van der Waals surface area contributed by atoms with Crippen molar-refractivity contribution in [3.05, 3.63) is 99.6 Å². The fourth-order valence-electron chi connectivity index (χ4n) is 3.07. The lowest BCUT2D eigenvalue weighted by atomic mass is 10.0. The highest BCUT2D eigenvalue weighted by Crippen LogP contribution is 2.32. The van der Waals surface area contributed by atoms with Gasteiger partial charge in [0.05, 0.1) is 6.61 Å². The fourth-order valence-corrected chi connectivity index (χ4v) is 3.35. The molecule has 0 heterocycles. The zero-order valence-corrected chi connectivity index (χ0v) is 17.9. The minimum atomic E-state index is -0.642. The Morgan fingerprint density at radius 2 is 1.88 bits per heavy atom. The molecule has 3 aromatic carbocycles. The first-order chi connectivity index (χ1) is 15.4. The molecule has 0 unspecified atom stereocenters. The summed E-state index contributed by atoms with van der Waals surface area (Å²) < 4.78 is 32.3. The second-order valence-electron chi connectivity index (χ2n) is 6.85. The predicted octanol–water partition coefficient (Wildman–Crippen LogP) is 6.15. The Balaban J connectivity index is 1.90. The second kappa shape index (κ2) is 10.6. The Hall–Kier alpha value is -3.69. The van der Waals surface area contributed by atoms with Crippen molar-refractivity contribution in [3.8, 4) is 11.8 Å². The molecule has 4 nitrogen and oxygen atoms in total. The summed E-state index contributed by atoms with van der Waals surface area (Å²) in [7, 11) is 0. The molecule has 0 aromatic heterocycles. The standard InChI is InChI=1S/C25H19ClF2N2O2/c1-2-32-24-14-17(13-23(26)22(24)12-16-4-3-5-20(28)11-16)10-18(15-29)25(31)30-21-8-6-19(27)7-9-21/h3-11,13-14H,2,12H2,1H3,(H,30,31)/b18-10+. The summed E-state index contributed by atoms with van der Waals surface area (Å²) in [6.45, 7) is 2.19. The van der Waals surface area contributed by atoms with E-state index in [4.69, 9.17) is 16.3 Å². The number of carbonyl (C=O) groups excluding carboxylic acids is 1. The Kier molecular flexibility index (Phi) is 7.58. The van der Waals surface area contributed by atoms with Gasteiger partial charge in [-0.3, -0.25) is 4.79 Å². The quantitative estimate of drug-likeness (QED) is 0.345. The van der Waals surface area contributed by atoms with Crippen LogP contribution in [0.1, 0.15) is 23.6 Å². The predicted molar refractivity (Wildman–Crippen MR) is 120 cm³/mol. The first-order valence-corrected chi connectivity index (χ1v) is 10.2. The van der Waals surface area contributed by atoms with Crippen molar-refractivity contribution in [3.63, 3.8) is 0 Å². The molecule has 162 valence electrons. The number of nitriles is 1. The van der Waals surface area contributed by atoms with Crippen LogP contribution in [0.4, 0.5) is 14.5 Å². The Labute approximate surface area is 189 Å². The number of ether oxygens (including phenoxy) is 1. The molecule has 0 radical (unpaired) electrons. The molecule has 0 bridgehead atoms. The van der Waals surface area contributed by atoms with E-state index in [0.29, 0.717) is 40.6 Å². The lowest BCUT2D eigenvalue weighted by molar-refractivity contribution is -0.112. The van der Waals surface area contributed by atoms with E-state index in [1.54, 1.807) is 24.3 Å². The van der Waals surface area contributed by atoms with Crippen LogP contribution in [-0.2, 0) is 11.2 Å². The van der Waals surface area contributed by atoms with Crippen LogP contribution in [0.3, 0.4) is 0 Å². The van der Waals surface area contributed by atoms with Gasteiger partial charge in [0, 0.05) is 22.7 Å². The van der Waals surface area contributed by atoms with Crippen molar-refractivity contribution in [1.82, 2.24) is 0 Å². The molecule has 32 heavy (non-hydrogen) atoms. The molecule has 0 saturated heterocycles. The summed E-state index contributed by atoms with van der Waals surface area (Å²) in [5.41, 5.74) is 2.09. The SMILES string of the molecule is CCOc1cc(/C=C(\C#N)C(=O)Nc2ccc(F)cc2)cc(Cl)c1Cc1cccc(F)c1. The van der Waals surface area contributed by atoms with E-state index < -0.39 is 11.7 Å². The third kappa shape index (κ3) is 5.93. The summed E-state index contributed by atoms with van der Waals surface area (Å²) >= 11 is 6.49. The minimum absolute atomic E-state index is 0.161. The van der Waals surface area contributed by atoms with Gasteiger partial charge in [-0.05, 0) is 72.7 Å². The molecule has 0 atom stereocenters. The molecule has 1 N–H and O–H groups in total. The molecule has 0 aliphatic rings. The van der Waals surface area contributed by atoms with Gasteiger partial charge in [0.1, 0.15) is 29.0 Å². The van der Waals surface area contributed by atoms with E-state index in [1.807, 2.05) is 13.0 Å². The number of amides is 1. The zero-order valence-electron chi connectivity index (χ0n) is 17.2. The van der Waals surface area contributed by atoms with Crippen LogP contribution in [-0.4, -0.2) is 12.5 Å². The number of benzene rings is 3. The number of nitrogens with one attached hydrogen (secondary N) is 1. The number of carbonyl (C=O) groups is 1. The number of hydrogen-bond donors (Lipinski definition) is 1. The van der Waals surface area contributed by atoms with E-state index in [-0.39, 0.29) is 11.4 Å². The average molecular weight is 453 g/mol. The average Bonchev–Trinajstić information content (AvgIpc) is 2.76. The topological polar surface area (TPSA) is 62.1 Å². The highest BCUT2D eigenvalue weighted by molar-refractivity contribution is 6.31. The van der Waals surface area contributed by atoms with E-state index >= 15 is 0 Å². The van der Waals surface area contributed by atoms with Crippen molar-refractivity contribution < 1.29 is 18.3 Å². The Bertz CT molecular complexity index is 1200. The molecular formula is C25H19ClF2N2O2. The molecule has 3 rings (SSSR count). The van der Waals surface area contributed by atoms with E-state index in [0.717, 1.165) is 5.56 Å². The summed E-state index contributed by atoms with van der Waals surface area (Å²) in [6.07, 6.45) is 1.74. The maximum Gasteiger partial charge on any atom is 0.266 e. The van der Waals surface area contributed by atoms with Gasteiger partial charge >= 0.3 is 0 Å². The molecule has 3 aromatic rings. The molecule has 0 aliphatic heterocycles. The molecule has 0 saturated carbocycles. The van der Waals surface area contributed by atoms with Gasteiger partial charge < -0.3 is 10.1 Å². The Morgan fingerprint density at radius 1 is 1.12 bits per heavy atom. The second-order valence-corrected chi connectivity index (χ2v) is 7.26. The van der Waals surface area contributed by atoms with Gasteiger partial charge in [0.25, 0.3) is 5.91 Å². The van der Waals surface area contributed by atoms with Gasteiger partial charge in [-0.1, -0.05) is 23.7 Å². The van der Waals surface area contributed by atoms with Crippen LogP contribution < -0.4 is 10.1 Å². The third-order valence-corrected chi connectivity index (χ3v) is 4.86. The molecule has 7 heteroatoms. The molecular weight excluding hydrogens is 434 g/mol. The molecule has 0 spiro atoms. The summed E-state index contributed by atoms with van der Waals surface area (Å²) in [6, 6.07) is 16.5. The first kappa shape index (κ1) is 23.0. The van der Waals surface area contributed by atoms with Crippen molar-refractivity contribution in [1.29, 1.82) is 5.26 Å². The smallest absolute Gasteiger partial charge is 0.266 e. The first-order valence-electron chi connectivity index (χ1n) is 9.78. The highest BCUT2D eigenvalue weighted by atomic mass is 35.5. The van der Waals surface area contributed by atoms with Crippen molar-refractivity contribution in [2.24, 2.45) is 0 Å². The van der Waals surface area contributed by atoms with Gasteiger partial charge in [-0.2, -0.15) is 5.26 Å². The fraction of sp³-hybridized carbons (Fsp3) is 0.120. The van der Waals surface area contributed by atoms with Crippen LogP contribution in [0.2, 0.25) is 5.02 Å². The maximum absolute atomic E-state index is 13.6. The van der Waals surface area contributed by atoms with Crippen LogP contribution >= 0.6 is 11.6 Å². The number of rotatable bonds is 7. The van der Waals surface area contributed by atoms with Crippen LogP contribution in [0.15, 0.2) is 66.2 Å². The van der Waals surface area contributed by atoms with Gasteiger partial charge in [0.15, 0.2) is 0 Å². The van der Waals surface area contributed by atoms with E-state index in [2.05, 4.69) is 5.32 Å². The highest BCUT2D eigenvalue weighted by Gasteiger charge is 2.14. The van der Waals surface area contributed by atoms with Gasteiger partial charge in [0.2, 0.25) is 0 Å². The zero-order chi connectivity index (χ0) is 23.1. The number of anilines is 1. The van der Waals surface area contributed by atoms with Crippen molar-refractivity contribution in [2.75, 3.05) is 11.9 Å². The normalized spacial score (nSPS) is 11.0. The van der Waals surface area contributed by atoms with Crippen molar-refractivity contribution in [2.45, 2.75) is 13.3 Å².